The first-order chi connectivity index (χ1) is 11.4. The van der Waals surface area contributed by atoms with E-state index in [0.29, 0.717) is 0 Å². The van der Waals surface area contributed by atoms with E-state index < -0.39 is 23.6 Å². The van der Waals surface area contributed by atoms with Crippen LogP contribution < -0.4 is 0 Å². The lowest BCUT2D eigenvalue weighted by Crippen LogP contribution is -2.53. The highest BCUT2D eigenvalue weighted by molar-refractivity contribution is 5.96. The fourth-order valence-corrected chi connectivity index (χ4v) is 2.24. The minimum atomic E-state index is -1.83. The predicted octanol–water partition coefficient (Wildman–Crippen LogP) is 1.45. The van der Waals surface area contributed by atoms with Gasteiger partial charge in [0.1, 0.15) is 0 Å². The van der Waals surface area contributed by atoms with Crippen molar-refractivity contribution in [3.8, 4) is 6.07 Å². The molecule has 0 saturated carbocycles. The number of carbonyl (C=O) groups excluding carboxylic acids is 3. The molecule has 24 heavy (non-hydrogen) atoms. The van der Waals surface area contributed by atoms with Crippen LogP contribution >= 0.6 is 0 Å². The molecule has 8 nitrogen and oxygen atoms in total. The molecule has 1 atom stereocenters. The van der Waals surface area contributed by atoms with E-state index >= 15 is 0 Å². The van der Waals surface area contributed by atoms with Gasteiger partial charge in [-0.1, -0.05) is 6.58 Å². The Morgan fingerprint density at radius 1 is 1.33 bits per heavy atom. The third kappa shape index (κ3) is 3.46. The molecule has 0 saturated heterocycles. The van der Waals surface area contributed by atoms with Crippen molar-refractivity contribution < 1.29 is 28.6 Å². The first kappa shape index (κ1) is 19.0. The van der Waals surface area contributed by atoms with Gasteiger partial charge in [0, 0.05) is 18.2 Å². The molecule has 0 N–H and O–H groups in total. The minimum absolute atomic E-state index is 0.0693. The summed E-state index contributed by atoms with van der Waals surface area (Å²) >= 11 is 0. The maximum atomic E-state index is 12.2. The van der Waals surface area contributed by atoms with Crippen molar-refractivity contribution >= 4 is 18.0 Å². The fraction of sp³-hybridized carbons (Fsp3) is 0.375. The maximum absolute atomic E-state index is 12.2. The smallest absolute Gasteiger partial charge is 0.415 e. The van der Waals surface area contributed by atoms with Gasteiger partial charge in [-0.25, -0.2) is 14.4 Å². The van der Waals surface area contributed by atoms with Gasteiger partial charge in [0.2, 0.25) is 0 Å². The van der Waals surface area contributed by atoms with E-state index in [-0.39, 0.29) is 24.2 Å². The summed E-state index contributed by atoms with van der Waals surface area (Å²) in [5.41, 5.74) is -2.04. The van der Waals surface area contributed by atoms with Crippen molar-refractivity contribution in [1.82, 2.24) is 4.90 Å². The molecule has 1 heterocycles. The number of ether oxygens (including phenoxy) is 3. The van der Waals surface area contributed by atoms with Crippen molar-refractivity contribution in [3.63, 3.8) is 0 Å². The average Bonchev–Trinajstić information content (AvgIpc) is 2.60. The minimum Gasteiger partial charge on any atom is -0.466 e. The SMILES string of the molecule is C=C(CC1(C#N)C(C(=O)OC)=CC=CN1C(=O)OCC)C(=O)OC. The molecule has 128 valence electrons. The molecule has 1 aliphatic heterocycles. The predicted molar refractivity (Wildman–Crippen MR) is 82.2 cm³/mol. The van der Waals surface area contributed by atoms with Gasteiger partial charge in [0.25, 0.3) is 0 Å². The van der Waals surface area contributed by atoms with Crippen LogP contribution in [0.5, 0.6) is 0 Å². The zero-order valence-corrected chi connectivity index (χ0v) is 13.7. The van der Waals surface area contributed by atoms with Gasteiger partial charge in [-0.15, -0.1) is 0 Å². The Bertz CT molecular complexity index is 658. The van der Waals surface area contributed by atoms with Crippen LogP contribution in [-0.2, 0) is 23.8 Å². The molecule has 1 rings (SSSR count). The number of nitriles is 1. The van der Waals surface area contributed by atoms with E-state index in [1.807, 2.05) is 6.07 Å². The second kappa shape index (κ2) is 7.97. The number of allylic oxidation sites excluding steroid dienone is 2. The Kier molecular flexibility index (Phi) is 6.30. The summed E-state index contributed by atoms with van der Waals surface area (Å²) in [5, 5.41) is 9.77. The van der Waals surface area contributed by atoms with Gasteiger partial charge in [-0.3, -0.25) is 4.90 Å². The molecule has 1 amide bonds. The number of hydrogen-bond acceptors (Lipinski definition) is 7. The molecule has 0 aliphatic carbocycles. The molecular formula is C16H18N2O6. The van der Waals surface area contributed by atoms with Crippen molar-refractivity contribution in [2.75, 3.05) is 20.8 Å². The van der Waals surface area contributed by atoms with Gasteiger partial charge in [-0.05, 0) is 19.1 Å². The normalized spacial score (nSPS) is 18.9. The van der Waals surface area contributed by atoms with Gasteiger partial charge in [-0.2, -0.15) is 5.26 Å². The molecule has 0 fully saturated rings. The summed E-state index contributed by atoms with van der Waals surface area (Å²) in [6.07, 6.45) is 2.84. The second-order valence-corrected chi connectivity index (χ2v) is 4.73. The quantitative estimate of drug-likeness (QED) is 0.425. The van der Waals surface area contributed by atoms with Gasteiger partial charge in [0.15, 0.2) is 5.54 Å². The van der Waals surface area contributed by atoms with Crippen LogP contribution in [0.3, 0.4) is 0 Å². The lowest BCUT2D eigenvalue weighted by molar-refractivity contribution is -0.138. The summed E-state index contributed by atoms with van der Waals surface area (Å²) in [6.45, 7) is 5.23. The molecule has 0 aromatic carbocycles. The number of carbonyl (C=O) groups is 3. The van der Waals surface area contributed by atoms with Crippen molar-refractivity contribution in [2.24, 2.45) is 0 Å². The van der Waals surface area contributed by atoms with Crippen molar-refractivity contribution in [1.29, 1.82) is 5.26 Å². The first-order valence-corrected chi connectivity index (χ1v) is 6.98. The second-order valence-electron chi connectivity index (χ2n) is 4.73. The van der Waals surface area contributed by atoms with E-state index in [2.05, 4.69) is 16.1 Å². The van der Waals surface area contributed by atoms with Gasteiger partial charge in [0.05, 0.1) is 32.5 Å². The molecular weight excluding hydrogens is 316 g/mol. The van der Waals surface area contributed by atoms with E-state index in [1.165, 1.54) is 18.4 Å². The zero-order valence-electron chi connectivity index (χ0n) is 13.7. The van der Waals surface area contributed by atoms with Crippen LogP contribution in [0.25, 0.3) is 0 Å². The third-order valence-electron chi connectivity index (χ3n) is 3.35. The molecule has 0 spiro atoms. The Morgan fingerprint density at radius 2 is 2.00 bits per heavy atom. The summed E-state index contributed by atoms with van der Waals surface area (Å²) in [7, 11) is 2.31. The number of nitrogens with zero attached hydrogens (tertiary/aromatic N) is 2. The van der Waals surface area contributed by atoms with Crippen LogP contribution in [0.1, 0.15) is 13.3 Å². The number of methoxy groups -OCH3 is 2. The molecule has 0 bridgehead atoms. The van der Waals surface area contributed by atoms with E-state index in [4.69, 9.17) is 4.74 Å². The highest BCUT2D eigenvalue weighted by Gasteiger charge is 2.49. The lowest BCUT2D eigenvalue weighted by Gasteiger charge is -2.38. The third-order valence-corrected chi connectivity index (χ3v) is 3.35. The van der Waals surface area contributed by atoms with Gasteiger partial charge >= 0.3 is 18.0 Å². The number of amides is 1. The molecule has 1 unspecified atom stereocenters. The Labute approximate surface area is 139 Å². The molecule has 0 radical (unpaired) electrons. The van der Waals surface area contributed by atoms with Crippen LogP contribution in [-0.4, -0.2) is 49.3 Å². The number of esters is 2. The standard InChI is InChI=1S/C16H18N2O6/c1-5-24-15(21)18-8-6-7-12(14(20)23-4)16(18,10-17)9-11(2)13(19)22-3/h6-8H,2,5,9H2,1,3-4H3. The maximum Gasteiger partial charge on any atom is 0.415 e. The van der Waals surface area contributed by atoms with E-state index in [0.717, 1.165) is 19.1 Å². The monoisotopic (exact) mass is 334 g/mol. The molecule has 8 heteroatoms. The fourth-order valence-electron chi connectivity index (χ4n) is 2.24. The Balaban J connectivity index is 3.42. The summed E-state index contributed by atoms with van der Waals surface area (Å²) in [4.78, 5) is 36.9. The zero-order chi connectivity index (χ0) is 18.3. The Morgan fingerprint density at radius 3 is 2.50 bits per heavy atom. The Hall–Kier alpha value is -3.08. The largest absolute Gasteiger partial charge is 0.466 e. The summed E-state index contributed by atoms with van der Waals surface area (Å²) < 4.78 is 14.2. The first-order valence-electron chi connectivity index (χ1n) is 6.98. The lowest BCUT2D eigenvalue weighted by atomic mass is 9.81. The average molecular weight is 334 g/mol. The highest BCUT2D eigenvalue weighted by Crippen LogP contribution is 2.35. The van der Waals surface area contributed by atoms with Crippen molar-refractivity contribution in [2.45, 2.75) is 18.9 Å². The molecule has 1 aliphatic rings. The van der Waals surface area contributed by atoms with Crippen LogP contribution in [0.15, 0.2) is 36.1 Å². The van der Waals surface area contributed by atoms with E-state index in [1.54, 1.807) is 6.92 Å². The van der Waals surface area contributed by atoms with Crippen LogP contribution in [0.4, 0.5) is 4.79 Å². The van der Waals surface area contributed by atoms with E-state index in [9.17, 15) is 19.6 Å². The van der Waals surface area contributed by atoms with Crippen LogP contribution in [0.2, 0.25) is 0 Å². The highest BCUT2D eigenvalue weighted by atomic mass is 16.6. The topological polar surface area (TPSA) is 106 Å². The molecule has 0 aromatic heterocycles. The molecule has 0 aromatic rings. The number of rotatable bonds is 5. The van der Waals surface area contributed by atoms with Gasteiger partial charge < -0.3 is 14.2 Å². The summed E-state index contributed by atoms with van der Waals surface area (Å²) in [5.74, 6) is -1.57. The summed E-state index contributed by atoms with van der Waals surface area (Å²) in [6, 6.07) is 1.92. The van der Waals surface area contributed by atoms with Crippen LogP contribution in [0, 0.1) is 11.3 Å². The van der Waals surface area contributed by atoms with Crippen molar-refractivity contribution in [3.05, 3.63) is 36.1 Å². The number of hydrogen-bond donors (Lipinski definition) is 0.